The van der Waals surface area contributed by atoms with Crippen molar-refractivity contribution in [1.29, 1.82) is 0 Å². The first-order valence-corrected chi connectivity index (χ1v) is 11.1. The van der Waals surface area contributed by atoms with Crippen molar-refractivity contribution in [2.24, 2.45) is 0 Å². The summed E-state index contributed by atoms with van der Waals surface area (Å²) in [5, 5.41) is 6.79. The number of anilines is 2. The minimum Gasteiger partial charge on any atom is -0.379 e. The van der Waals surface area contributed by atoms with Crippen LogP contribution in [0.2, 0.25) is 0 Å². The maximum absolute atomic E-state index is 5.82. The zero-order valence-corrected chi connectivity index (χ0v) is 17.2. The third kappa shape index (κ3) is 7.06. The molecule has 1 saturated carbocycles. The van der Waals surface area contributed by atoms with E-state index in [0.29, 0.717) is 11.9 Å². The topological polar surface area (TPSA) is 86.8 Å². The van der Waals surface area contributed by atoms with Crippen LogP contribution in [0, 0.1) is 0 Å². The van der Waals surface area contributed by atoms with Crippen LogP contribution in [0.25, 0.3) is 0 Å². The predicted octanol–water partition coefficient (Wildman–Crippen LogP) is 2.57. The third-order valence-corrected chi connectivity index (χ3v) is 5.46. The lowest BCUT2D eigenvalue weighted by atomic mass is 10.2. The summed E-state index contributed by atoms with van der Waals surface area (Å²) < 4.78 is 22.3. The number of aromatic nitrogens is 2. The first-order chi connectivity index (χ1) is 14.4. The van der Waals surface area contributed by atoms with Gasteiger partial charge in [0.05, 0.1) is 31.1 Å². The van der Waals surface area contributed by atoms with Crippen LogP contribution in [-0.4, -0.2) is 74.9 Å². The van der Waals surface area contributed by atoms with Gasteiger partial charge in [-0.1, -0.05) is 0 Å². The fraction of sp³-hybridized carbons (Fsp3) is 0.810. The minimum atomic E-state index is 0.269. The summed E-state index contributed by atoms with van der Waals surface area (Å²) >= 11 is 0. The molecule has 0 aromatic carbocycles. The van der Waals surface area contributed by atoms with E-state index in [1.54, 1.807) is 0 Å². The van der Waals surface area contributed by atoms with E-state index in [-0.39, 0.29) is 12.2 Å². The SMILES string of the molecule is c1c(NCCCOC2CCOC2)nc(NCCCOC2CCOC2)nc1C1CC1. The van der Waals surface area contributed by atoms with E-state index in [1.165, 1.54) is 12.8 Å². The lowest BCUT2D eigenvalue weighted by Crippen LogP contribution is -2.16. The van der Waals surface area contributed by atoms with Gasteiger partial charge < -0.3 is 29.6 Å². The van der Waals surface area contributed by atoms with Gasteiger partial charge in [-0.3, -0.25) is 0 Å². The van der Waals surface area contributed by atoms with E-state index >= 15 is 0 Å². The largest absolute Gasteiger partial charge is 0.379 e. The van der Waals surface area contributed by atoms with E-state index in [1.807, 2.05) is 0 Å². The molecule has 0 radical (unpaired) electrons. The molecule has 0 bridgehead atoms. The van der Waals surface area contributed by atoms with Crippen molar-refractivity contribution in [2.45, 2.75) is 56.7 Å². The van der Waals surface area contributed by atoms with Gasteiger partial charge in [0, 0.05) is 51.5 Å². The molecule has 2 atom stereocenters. The molecule has 2 aliphatic heterocycles. The predicted molar refractivity (Wildman–Crippen MR) is 111 cm³/mol. The van der Waals surface area contributed by atoms with Crippen LogP contribution in [0.15, 0.2) is 6.07 Å². The van der Waals surface area contributed by atoms with Gasteiger partial charge in [0.2, 0.25) is 5.95 Å². The van der Waals surface area contributed by atoms with Gasteiger partial charge in [-0.2, -0.15) is 4.98 Å². The highest BCUT2D eigenvalue weighted by molar-refractivity contribution is 5.44. The Morgan fingerprint density at radius 1 is 0.862 bits per heavy atom. The van der Waals surface area contributed by atoms with Crippen LogP contribution in [0.1, 0.15) is 50.1 Å². The normalized spacial score (nSPS) is 24.1. The zero-order valence-electron chi connectivity index (χ0n) is 17.2. The van der Waals surface area contributed by atoms with Crippen LogP contribution in [0.4, 0.5) is 11.8 Å². The van der Waals surface area contributed by atoms with Gasteiger partial charge in [0.15, 0.2) is 0 Å². The Morgan fingerprint density at radius 2 is 1.52 bits per heavy atom. The molecule has 0 spiro atoms. The minimum absolute atomic E-state index is 0.269. The van der Waals surface area contributed by atoms with Crippen LogP contribution < -0.4 is 10.6 Å². The highest BCUT2D eigenvalue weighted by Gasteiger charge is 2.26. The molecule has 1 aliphatic carbocycles. The molecule has 3 heterocycles. The lowest BCUT2D eigenvalue weighted by molar-refractivity contribution is 0.0427. The number of nitrogens with one attached hydrogen (secondary N) is 2. The summed E-state index contributed by atoms with van der Waals surface area (Å²) in [5.41, 5.74) is 1.14. The Kier molecular flexibility index (Phi) is 7.92. The van der Waals surface area contributed by atoms with Crippen molar-refractivity contribution in [3.8, 4) is 0 Å². The molecule has 8 heteroatoms. The zero-order chi connectivity index (χ0) is 19.7. The van der Waals surface area contributed by atoms with Crippen LogP contribution in [0.3, 0.4) is 0 Å². The third-order valence-electron chi connectivity index (χ3n) is 5.46. The molecule has 8 nitrogen and oxygen atoms in total. The quantitative estimate of drug-likeness (QED) is 0.484. The van der Waals surface area contributed by atoms with Gasteiger partial charge >= 0.3 is 0 Å². The molecule has 0 amide bonds. The van der Waals surface area contributed by atoms with E-state index in [0.717, 1.165) is 89.9 Å². The summed E-state index contributed by atoms with van der Waals surface area (Å²) in [5.74, 6) is 2.20. The summed E-state index contributed by atoms with van der Waals surface area (Å²) in [6, 6.07) is 2.09. The maximum atomic E-state index is 5.82. The lowest BCUT2D eigenvalue weighted by Gasteiger charge is -2.13. The monoisotopic (exact) mass is 406 g/mol. The van der Waals surface area contributed by atoms with Gasteiger partial charge in [-0.25, -0.2) is 4.98 Å². The number of ether oxygens (including phenoxy) is 4. The smallest absolute Gasteiger partial charge is 0.224 e. The molecular weight excluding hydrogens is 372 g/mol. The van der Waals surface area contributed by atoms with E-state index < -0.39 is 0 Å². The van der Waals surface area contributed by atoms with Crippen molar-refractivity contribution >= 4 is 11.8 Å². The molecule has 3 fully saturated rings. The Balaban J connectivity index is 1.17. The number of rotatable bonds is 13. The summed E-state index contributed by atoms with van der Waals surface area (Å²) in [4.78, 5) is 9.34. The Morgan fingerprint density at radius 3 is 2.10 bits per heavy atom. The van der Waals surface area contributed by atoms with Crippen molar-refractivity contribution in [3.05, 3.63) is 11.8 Å². The van der Waals surface area contributed by atoms with Gasteiger partial charge in [-0.05, 0) is 38.5 Å². The highest BCUT2D eigenvalue weighted by atomic mass is 16.5. The fourth-order valence-corrected chi connectivity index (χ4v) is 3.57. The summed E-state index contributed by atoms with van der Waals surface area (Å²) in [6.07, 6.45) is 6.90. The Bertz CT molecular complexity index is 572. The van der Waals surface area contributed by atoms with E-state index in [9.17, 15) is 0 Å². The average molecular weight is 407 g/mol. The average Bonchev–Trinajstić information content (AvgIpc) is 3.21. The first kappa shape index (κ1) is 20.8. The summed E-state index contributed by atoms with van der Waals surface area (Å²) in [7, 11) is 0. The molecule has 2 N–H and O–H groups in total. The second-order valence-corrected chi connectivity index (χ2v) is 8.05. The van der Waals surface area contributed by atoms with Crippen molar-refractivity contribution in [1.82, 2.24) is 9.97 Å². The number of hydrogen-bond donors (Lipinski definition) is 2. The molecule has 1 aromatic rings. The Labute approximate surface area is 173 Å². The molecule has 2 saturated heterocycles. The van der Waals surface area contributed by atoms with E-state index in [2.05, 4.69) is 21.7 Å². The van der Waals surface area contributed by atoms with E-state index in [4.69, 9.17) is 23.9 Å². The molecule has 162 valence electrons. The second kappa shape index (κ2) is 11.1. The first-order valence-electron chi connectivity index (χ1n) is 11.1. The molecule has 2 unspecified atom stereocenters. The molecule has 1 aromatic heterocycles. The van der Waals surface area contributed by atoms with Crippen LogP contribution in [0.5, 0.6) is 0 Å². The van der Waals surface area contributed by atoms with Gasteiger partial charge in [0.25, 0.3) is 0 Å². The maximum Gasteiger partial charge on any atom is 0.224 e. The summed E-state index contributed by atoms with van der Waals surface area (Å²) in [6.45, 7) is 6.24. The van der Waals surface area contributed by atoms with Crippen LogP contribution >= 0.6 is 0 Å². The van der Waals surface area contributed by atoms with Crippen molar-refractivity contribution in [3.63, 3.8) is 0 Å². The van der Waals surface area contributed by atoms with Crippen molar-refractivity contribution in [2.75, 3.05) is 63.4 Å². The van der Waals surface area contributed by atoms with Gasteiger partial charge in [0.1, 0.15) is 5.82 Å². The van der Waals surface area contributed by atoms with Crippen LogP contribution in [-0.2, 0) is 18.9 Å². The number of hydrogen-bond acceptors (Lipinski definition) is 8. The number of nitrogens with zero attached hydrogens (tertiary/aromatic N) is 2. The Hall–Kier alpha value is -1.48. The van der Waals surface area contributed by atoms with Gasteiger partial charge in [-0.15, -0.1) is 0 Å². The fourth-order valence-electron chi connectivity index (χ4n) is 3.57. The second-order valence-electron chi connectivity index (χ2n) is 8.05. The molecule has 3 aliphatic rings. The van der Waals surface area contributed by atoms with Crippen molar-refractivity contribution < 1.29 is 18.9 Å². The molecule has 4 rings (SSSR count). The standard InChI is InChI=1S/C21H34N4O4/c1(9-28-17-5-11-26-14-17)7-22-20-13-19(16-3-4-16)24-21(25-20)23-8-2-10-29-18-6-12-27-15-18/h13,16-18H,1-12,14-15H2,(H2,22,23,24,25). The molecule has 29 heavy (non-hydrogen) atoms. The molecular formula is C21H34N4O4. The highest BCUT2D eigenvalue weighted by Crippen LogP contribution is 2.39.